The quantitative estimate of drug-likeness (QED) is 0.440. The summed E-state index contributed by atoms with van der Waals surface area (Å²) in [5.74, 6) is -5.73. The van der Waals surface area contributed by atoms with Crippen LogP contribution in [0.2, 0.25) is 0 Å². The van der Waals surface area contributed by atoms with Crippen molar-refractivity contribution in [2.75, 3.05) is 11.9 Å². The zero-order valence-corrected chi connectivity index (χ0v) is 16.3. The Bertz CT molecular complexity index is 842. The molecule has 2 aromatic carbocycles. The Morgan fingerprint density at radius 1 is 0.967 bits per heavy atom. The number of carbonyl (C=O) groups is 2. The second-order valence-corrected chi connectivity index (χ2v) is 6.87. The van der Waals surface area contributed by atoms with E-state index in [-0.39, 0.29) is 12.1 Å². The number of amides is 2. The lowest BCUT2D eigenvalue weighted by Crippen LogP contribution is -2.50. The molecule has 0 saturated heterocycles. The molecule has 0 aliphatic carbocycles. The lowest BCUT2D eigenvalue weighted by Gasteiger charge is -2.21. The van der Waals surface area contributed by atoms with Crippen molar-refractivity contribution in [3.05, 3.63) is 65.5 Å². The van der Waals surface area contributed by atoms with E-state index in [1.807, 2.05) is 30.3 Å². The molecule has 0 spiro atoms. The van der Waals surface area contributed by atoms with E-state index in [0.717, 1.165) is 5.56 Å². The highest BCUT2D eigenvalue weighted by molar-refractivity contribution is 5.97. The summed E-state index contributed by atoms with van der Waals surface area (Å²) in [6, 6.07) is 8.75. The van der Waals surface area contributed by atoms with Crippen LogP contribution in [0.1, 0.15) is 24.8 Å². The molecule has 0 saturated carbocycles. The minimum absolute atomic E-state index is 0.220. The summed E-state index contributed by atoms with van der Waals surface area (Å²) in [6.45, 7) is 0.376. The van der Waals surface area contributed by atoms with E-state index in [0.29, 0.717) is 37.9 Å². The first-order valence-corrected chi connectivity index (χ1v) is 9.57. The second kappa shape index (κ2) is 11.3. The van der Waals surface area contributed by atoms with Crippen LogP contribution in [0.3, 0.4) is 0 Å². The van der Waals surface area contributed by atoms with E-state index in [9.17, 15) is 22.8 Å². The zero-order valence-electron chi connectivity index (χ0n) is 16.3. The Morgan fingerprint density at radius 3 is 2.20 bits per heavy atom. The summed E-state index contributed by atoms with van der Waals surface area (Å²) >= 11 is 0. The molecule has 0 heterocycles. The number of carbonyl (C=O) groups excluding carboxylic acids is 2. The first-order chi connectivity index (χ1) is 14.3. The van der Waals surface area contributed by atoms with Gasteiger partial charge >= 0.3 is 0 Å². The molecule has 6 N–H and O–H groups in total. The van der Waals surface area contributed by atoms with Crippen LogP contribution in [0.4, 0.5) is 18.9 Å². The van der Waals surface area contributed by atoms with Crippen LogP contribution in [0, 0.1) is 17.5 Å². The molecule has 0 aromatic heterocycles. The number of benzene rings is 2. The highest BCUT2D eigenvalue weighted by Crippen LogP contribution is 2.18. The van der Waals surface area contributed by atoms with Crippen LogP contribution in [-0.2, 0) is 16.0 Å². The molecule has 0 unspecified atom stereocenters. The zero-order chi connectivity index (χ0) is 22.1. The Labute approximate surface area is 172 Å². The molecule has 162 valence electrons. The van der Waals surface area contributed by atoms with Gasteiger partial charge in [-0.15, -0.1) is 0 Å². The average Bonchev–Trinajstić information content (AvgIpc) is 2.73. The van der Waals surface area contributed by atoms with Crippen LogP contribution >= 0.6 is 0 Å². The maximum absolute atomic E-state index is 13.4. The first kappa shape index (κ1) is 23.4. The Hall–Kier alpha value is -2.91. The molecule has 6 nitrogen and oxygen atoms in total. The predicted octanol–water partition coefficient (Wildman–Crippen LogP) is 2.23. The molecule has 0 bridgehead atoms. The van der Waals surface area contributed by atoms with Crippen LogP contribution < -0.4 is 22.1 Å². The molecular formula is C21H25F3N4O2. The smallest absolute Gasteiger partial charge is 0.246 e. The third-order valence-corrected chi connectivity index (χ3v) is 4.50. The average molecular weight is 422 g/mol. The first-order valence-electron chi connectivity index (χ1n) is 9.57. The van der Waals surface area contributed by atoms with Crippen molar-refractivity contribution in [1.29, 1.82) is 0 Å². The molecule has 0 radical (unpaired) electrons. The molecule has 2 atom stereocenters. The van der Waals surface area contributed by atoms with Gasteiger partial charge in [-0.05, 0) is 37.8 Å². The lowest BCUT2D eigenvalue weighted by molar-refractivity contribution is -0.127. The van der Waals surface area contributed by atoms with Crippen LogP contribution in [0.5, 0.6) is 0 Å². The van der Waals surface area contributed by atoms with E-state index in [1.165, 1.54) is 0 Å². The summed E-state index contributed by atoms with van der Waals surface area (Å²) < 4.78 is 40.0. The minimum atomic E-state index is -1.63. The number of rotatable bonds is 10. The van der Waals surface area contributed by atoms with Gasteiger partial charge in [0.1, 0.15) is 6.04 Å². The van der Waals surface area contributed by atoms with E-state index < -0.39 is 41.3 Å². The van der Waals surface area contributed by atoms with E-state index >= 15 is 0 Å². The van der Waals surface area contributed by atoms with Crippen molar-refractivity contribution < 1.29 is 22.8 Å². The van der Waals surface area contributed by atoms with Crippen molar-refractivity contribution in [2.45, 2.75) is 37.8 Å². The minimum Gasteiger partial charge on any atom is -0.343 e. The molecule has 9 heteroatoms. The van der Waals surface area contributed by atoms with Crippen molar-refractivity contribution in [3.8, 4) is 0 Å². The van der Waals surface area contributed by atoms with Gasteiger partial charge in [0, 0.05) is 17.8 Å². The second-order valence-electron chi connectivity index (χ2n) is 6.87. The highest BCUT2D eigenvalue weighted by atomic mass is 19.2. The standard InChI is InChI=1S/C21H25F3N4O2/c22-15-11-14(12-16(23)19(15)24)27-21(30)18(9-8-13-5-2-1-3-6-13)28-20(29)17(26)7-4-10-25/h1-3,5-6,11-12,17-18H,4,7-10,25-26H2,(H,27,30)(H,28,29)/t17-,18+/m0/s1. The summed E-state index contributed by atoms with van der Waals surface area (Å²) in [7, 11) is 0. The Kier molecular flexibility index (Phi) is 8.82. The van der Waals surface area contributed by atoms with Crippen LogP contribution in [0.15, 0.2) is 42.5 Å². The largest absolute Gasteiger partial charge is 0.343 e. The molecular weight excluding hydrogens is 397 g/mol. The van der Waals surface area contributed by atoms with Gasteiger partial charge in [-0.3, -0.25) is 9.59 Å². The Balaban J connectivity index is 2.12. The normalized spacial score (nSPS) is 12.8. The van der Waals surface area contributed by atoms with Gasteiger partial charge in [0.2, 0.25) is 11.8 Å². The summed E-state index contributed by atoms with van der Waals surface area (Å²) in [5, 5.41) is 4.89. The van der Waals surface area contributed by atoms with E-state index in [2.05, 4.69) is 10.6 Å². The van der Waals surface area contributed by atoms with Crippen molar-refractivity contribution in [2.24, 2.45) is 11.5 Å². The predicted molar refractivity (Wildman–Crippen MR) is 108 cm³/mol. The molecule has 2 amide bonds. The van der Waals surface area contributed by atoms with E-state index in [1.54, 1.807) is 0 Å². The maximum Gasteiger partial charge on any atom is 0.246 e. The van der Waals surface area contributed by atoms with Crippen molar-refractivity contribution in [1.82, 2.24) is 5.32 Å². The molecule has 2 aromatic rings. The maximum atomic E-state index is 13.4. The summed E-state index contributed by atoms with van der Waals surface area (Å²) in [5.41, 5.74) is 11.9. The molecule has 30 heavy (non-hydrogen) atoms. The lowest BCUT2D eigenvalue weighted by atomic mass is 10.0. The molecule has 0 fully saturated rings. The topological polar surface area (TPSA) is 110 Å². The fourth-order valence-corrected chi connectivity index (χ4v) is 2.83. The number of anilines is 1. The van der Waals surface area contributed by atoms with Gasteiger partial charge in [-0.1, -0.05) is 30.3 Å². The van der Waals surface area contributed by atoms with Gasteiger partial charge in [0.05, 0.1) is 6.04 Å². The van der Waals surface area contributed by atoms with Gasteiger partial charge in [0.25, 0.3) is 0 Å². The number of halogens is 3. The third kappa shape index (κ3) is 6.85. The fraction of sp³-hybridized carbons (Fsp3) is 0.333. The highest BCUT2D eigenvalue weighted by Gasteiger charge is 2.24. The van der Waals surface area contributed by atoms with Gasteiger partial charge < -0.3 is 22.1 Å². The summed E-state index contributed by atoms with van der Waals surface area (Å²) in [6.07, 6.45) is 1.58. The number of aryl methyl sites for hydroxylation is 1. The van der Waals surface area contributed by atoms with Crippen LogP contribution in [0.25, 0.3) is 0 Å². The third-order valence-electron chi connectivity index (χ3n) is 4.50. The van der Waals surface area contributed by atoms with Crippen molar-refractivity contribution >= 4 is 17.5 Å². The van der Waals surface area contributed by atoms with Gasteiger partial charge in [-0.2, -0.15) is 0 Å². The monoisotopic (exact) mass is 422 g/mol. The summed E-state index contributed by atoms with van der Waals surface area (Å²) in [4.78, 5) is 25.0. The number of nitrogens with two attached hydrogens (primary N) is 2. The Morgan fingerprint density at radius 2 is 1.60 bits per heavy atom. The van der Waals surface area contributed by atoms with Crippen LogP contribution in [-0.4, -0.2) is 30.4 Å². The molecule has 0 aliphatic heterocycles. The molecule has 0 aliphatic rings. The van der Waals surface area contributed by atoms with E-state index in [4.69, 9.17) is 11.5 Å². The fourth-order valence-electron chi connectivity index (χ4n) is 2.83. The number of hydrogen-bond acceptors (Lipinski definition) is 4. The van der Waals surface area contributed by atoms with Crippen molar-refractivity contribution in [3.63, 3.8) is 0 Å². The number of hydrogen-bond donors (Lipinski definition) is 4. The number of nitrogens with one attached hydrogen (secondary N) is 2. The van der Waals surface area contributed by atoms with Gasteiger partial charge in [0.15, 0.2) is 17.5 Å². The van der Waals surface area contributed by atoms with Gasteiger partial charge in [-0.25, -0.2) is 13.2 Å². The molecule has 2 rings (SSSR count). The SMILES string of the molecule is NCCC[C@H](N)C(=O)N[C@H](CCc1ccccc1)C(=O)Nc1cc(F)c(F)c(F)c1.